The third-order valence-corrected chi connectivity index (χ3v) is 5.51. The van der Waals surface area contributed by atoms with Crippen molar-refractivity contribution < 1.29 is 4.79 Å². The van der Waals surface area contributed by atoms with Crippen molar-refractivity contribution in [1.82, 2.24) is 19.6 Å². The summed E-state index contributed by atoms with van der Waals surface area (Å²) in [6.07, 6.45) is 1.85. The number of nitrogens with two attached hydrogens (primary N) is 1. The molecule has 0 aliphatic rings. The van der Waals surface area contributed by atoms with Gasteiger partial charge in [0.2, 0.25) is 0 Å². The molecule has 4 aromatic rings. The predicted molar refractivity (Wildman–Crippen MR) is 123 cm³/mol. The lowest BCUT2D eigenvalue weighted by atomic mass is 10.1. The maximum Gasteiger partial charge on any atom is 0.269 e. The highest BCUT2D eigenvalue weighted by atomic mass is 35.5. The number of carbonyl (C=O) groups excluding carboxylic acids is 1. The van der Waals surface area contributed by atoms with Crippen molar-refractivity contribution in [3.05, 3.63) is 82.6 Å². The SMILES string of the molecule is C[C@@H](Cn1ccc(-c2ccc(C#N)c(Cl)c2)n1)n1nc(C(N)=O)cc1-c1ccc(C#N)cc1. The highest BCUT2D eigenvalue weighted by Crippen LogP contribution is 2.27. The molecule has 0 aliphatic heterocycles. The number of carbonyl (C=O) groups is 1. The Balaban J connectivity index is 1.62. The smallest absolute Gasteiger partial charge is 0.269 e. The highest BCUT2D eigenvalue weighted by molar-refractivity contribution is 6.32. The van der Waals surface area contributed by atoms with Crippen LogP contribution in [0.25, 0.3) is 22.5 Å². The fourth-order valence-electron chi connectivity index (χ4n) is 3.51. The van der Waals surface area contributed by atoms with Crippen LogP contribution in [0.2, 0.25) is 5.02 Å². The molecular weight excluding hydrogens is 438 g/mol. The number of amides is 1. The highest BCUT2D eigenvalue weighted by Gasteiger charge is 2.18. The number of nitriles is 2. The zero-order valence-electron chi connectivity index (χ0n) is 17.6. The number of hydrogen-bond donors (Lipinski definition) is 1. The van der Waals surface area contributed by atoms with Gasteiger partial charge >= 0.3 is 0 Å². The average molecular weight is 456 g/mol. The molecule has 1 atom stereocenters. The van der Waals surface area contributed by atoms with E-state index in [1.165, 1.54) is 0 Å². The predicted octanol–water partition coefficient (Wildman–Crippen LogP) is 4.17. The molecule has 0 unspecified atom stereocenters. The van der Waals surface area contributed by atoms with Crippen molar-refractivity contribution >= 4 is 17.5 Å². The van der Waals surface area contributed by atoms with Crippen molar-refractivity contribution in [1.29, 1.82) is 10.5 Å². The lowest BCUT2D eigenvalue weighted by Gasteiger charge is -2.16. The van der Waals surface area contributed by atoms with Gasteiger partial charge in [0.25, 0.3) is 5.91 Å². The zero-order valence-corrected chi connectivity index (χ0v) is 18.4. The van der Waals surface area contributed by atoms with Crippen molar-refractivity contribution in [2.24, 2.45) is 5.73 Å². The second-order valence-electron chi connectivity index (χ2n) is 7.49. The van der Waals surface area contributed by atoms with Gasteiger partial charge in [-0.25, -0.2) is 0 Å². The molecule has 0 saturated carbocycles. The van der Waals surface area contributed by atoms with E-state index in [-0.39, 0.29) is 11.7 Å². The minimum Gasteiger partial charge on any atom is -0.364 e. The molecule has 2 aromatic carbocycles. The van der Waals surface area contributed by atoms with E-state index in [2.05, 4.69) is 16.3 Å². The third kappa shape index (κ3) is 4.47. The quantitative estimate of drug-likeness (QED) is 0.466. The maximum absolute atomic E-state index is 11.8. The van der Waals surface area contributed by atoms with Crippen LogP contribution >= 0.6 is 11.6 Å². The molecule has 4 rings (SSSR count). The number of aromatic nitrogens is 4. The Morgan fingerprint density at radius 3 is 2.42 bits per heavy atom. The number of halogens is 1. The van der Waals surface area contributed by atoms with Gasteiger partial charge < -0.3 is 5.73 Å². The Hall–Kier alpha value is -4.40. The number of nitrogens with zero attached hydrogens (tertiary/aromatic N) is 6. The lowest BCUT2D eigenvalue weighted by molar-refractivity contribution is 0.0994. The summed E-state index contributed by atoms with van der Waals surface area (Å²) >= 11 is 6.15. The Morgan fingerprint density at radius 2 is 1.79 bits per heavy atom. The number of hydrogen-bond acceptors (Lipinski definition) is 5. The molecule has 2 N–H and O–H groups in total. The summed E-state index contributed by atoms with van der Waals surface area (Å²) in [6.45, 7) is 2.44. The van der Waals surface area contributed by atoms with Gasteiger partial charge in [-0.1, -0.05) is 29.8 Å². The van der Waals surface area contributed by atoms with Crippen molar-refractivity contribution in [2.45, 2.75) is 19.5 Å². The van der Waals surface area contributed by atoms with Crippen molar-refractivity contribution in [3.63, 3.8) is 0 Å². The van der Waals surface area contributed by atoms with E-state index >= 15 is 0 Å². The molecular formula is C24H18ClN7O. The van der Waals surface area contributed by atoms with Crippen LogP contribution < -0.4 is 5.73 Å². The average Bonchev–Trinajstić information content (AvgIpc) is 3.47. The van der Waals surface area contributed by atoms with E-state index in [9.17, 15) is 4.79 Å². The lowest BCUT2D eigenvalue weighted by Crippen LogP contribution is -2.17. The van der Waals surface area contributed by atoms with Crippen LogP contribution in [0.15, 0.2) is 60.8 Å². The fourth-order valence-corrected chi connectivity index (χ4v) is 3.74. The Kier molecular flexibility index (Phi) is 5.95. The summed E-state index contributed by atoms with van der Waals surface area (Å²) in [5.41, 5.74) is 9.63. The van der Waals surface area contributed by atoms with Gasteiger partial charge in [0.1, 0.15) is 6.07 Å². The molecule has 0 saturated heterocycles. The summed E-state index contributed by atoms with van der Waals surface area (Å²) in [5.74, 6) is -0.616. The van der Waals surface area contributed by atoms with Crippen LogP contribution in [0.1, 0.15) is 34.6 Å². The van der Waals surface area contributed by atoms with Crippen LogP contribution in [0.4, 0.5) is 0 Å². The zero-order chi connectivity index (χ0) is 23.5. The molecule has 0 aliphatic carbocycles. The molecule has 33 heavy (non-hydrogen) atoms. The van der Waals surface area contributed by atoms with Crippen LogP contribution in [0, 0.1) is 22.7 Å². The summed E-state index contributed by atoms with van der Waals surface area (Å²) in [4.78, 5) is 11.8. The van der Waals surface area contributed by atoms with Crippen LogP contribution in [-0.4, -0.2) is 25.5 Å². The number of primary amides is 1. The van der Waals surface area contributed by atoms with Gasteiger partial charge in [-0.05, 0) is 48.9 Å². The minimum absolute atomic E-state index is 0.162. The van der Waals surface area contributed by atoms with E-state index in [4.69, 9.17) is 27.9 Å². The molecule has 0 fully saturated rings. The molecule has 0 spiro atoms. The Bertz CT molecular complexity index is 1420. The summed E-state index contributed by atoms with van der Waals surface area (Å²) in [6, 6.07) is 19.7. The topological polar surface area (TPSA) is 126 Å². The van der Waals surface area contributed by atoms with E-state index in [1.807, 2.05) is 37.4 Å². The third-order valence-electron chi connectivity index (χ3n) is 5.19. The Morgan fingerprint density at radius 1 is 1.06 bits per heavy atom. The molecule has 1 amide bonds. The van der Waals surface area contributed by atoms with Gasteiger partial charge in [-0.3, -0.25) is 14.2 Å². The number of benzene rings is 2. The Labute approximate surface area is 195 Å². The van der Waals surface area contributed by atoms with Crippen molar-refractivity contribution in [2.75, 3.05) is 0 Å². The summed E-state index contributed by atoms with van der Waals surface area (Å²) in [5, 5.41) is 27.5. The molecule has 0 radical (unpaired) electrons. The van der Waals surface area contributed by atoms with E-state index in [0.717, 1.165) is 16.8 Å². The van der Waals surface area contributed by atoms with Gasteiger partial charge in [-0.2, -0.15) is 20.7 Å². The number of rotatable bonds is 6. The van der Waals surface area contributed by atoms with Gasteiger partial charge in [0.15, 0.2) is 5.69 Å². The molecule has 2 aromatic heterocycles. The first-order valence-electron chi connectivity index (χ1n) is 10.0. The molecule has 0 bridgehead atoms. The second kappa shape index (κ2) is 8.99. The first-order valence-corrected chi connectivity index (χ1v) is 10.4. The van der Waals surface area contributed by atoms with E-state index in [1.54, 1.807) is 45.8 Å². The largest absolute Gasteiger partial charge is 0.364 e. The van der Waals surface area contributed by atoms with Crippen LogP contribution in [0.5, 0.6) is 0 Å². The second-order valence-corrected chi connectivity index (χ2v) is 7.90. The molecule has 9 heteroatoms. The van der Waals surface area contributed by atoms with E-state index < -0.39 is 5.91 Å². The van der Waals surface area contributed by atoms with Gasteiger partial charge in [0.05, 0.1) is 46.2 Å². The van der Waals surface area contributed by atoms with Crippen LogP contribution in [-0.2, 0) is 6.54 Å². The standard InChI is InChI=1S/C24H18ClN7O/c1-15(14-31-9-8-21(29-31)18-6-7-19(13-27)20(25)10-18)32-23(11-22(30-32)24(28)33)17-4-2-16(12-26)3-5-17/h2-11,15H,14H2,1H3,(H2,28,33)/t15-/m0/s1. The van der Waals surface area contributed by atoms with Gasteiger partial charge in [-0.15, -0.1) is 0 Å². The van der Waals surface area contributed by atoms with Crippen molar-refractivity contribution in [3.8, 4) is 34.7 Å². The first-order chi connectivity index (χ1) is 15.9. The molecule has 162 valence electrons. The molecule has 2 heterocycles. The van der Waals surface area contributed by atoms with E-state index in [0.29, 0.717) is 28.4 Å². The molecule has 8 nitrogen and oxygen atoms in total. The summed E-state index contributed by atoms with van der Waals surface area (Å²) in [7, 11) is 0. The summed E-state index contributed by atoms with van der Waals surface area (Å²) < 4.78 is 3.52. The monoisotopic (exact) mass is 455 g/mol. The first kappa shape index (κ1) is 21.8. The fraction of sp³-hybridized carbons (Fsp3) is 0.125. The maximum atomic E-state index is 11.8. The van der Waals surface area contributed by atoms with Gasteiger partial charge in [0, 0.05) is 11.8 Å². The minimum atomic E-state index is -0.616. The van der Waals surface area contributed by atoms with Crippen LogP contribution in [0.3, 0.4) is 0 Å². The normalized spacial score (nSPS) is 11.5.